The van der Waals surface area contributed by atoms with E-state index in [1.54, 1.807) is 7.11 Å². The molecule has 2 atom stereocenters. The number of methoxy groups -OCH3 is 1. The van der Waals surface area contributed by atoms with Crippen LogP contribution in [0.25, 0.3) is 33.6 Å². The van der Waals surface area contributed by atoms with Gasteiger partial charge in [0.05, 0.1) is 37.1 Å². The van der Waals surface area contributed by atoms with Gasteiger partial charge >= 0.3 is 0 Å². The second-order valence-corrected chi connectivity index (χ2v) is 10.5. The van der Waals surface area contributed by atoms with Crippen molar-refractivity contribution >= 4 is 28.0 Å². The van der Waals surface area contributed by atoms with Crippen molar-refractivity contribution in [1.29, 1.82) is 0 Å². The number of carbonyl (C=O) groups excluding carboxylic acids is 1. The number of imidazole rings is 1. The fourth-order valence-electron chi connectivity index (χ4n) is 5.95. The second-order valence-electron chi connectivity index (χ2n) is 10.5. The van der Waals surface area contributed by atoms with Crippen molar-refractivity contribution < 1.29 is 14.3 Å². The molecule has 1 aliphatic carbocycles. The van der Waals surface area contributed by atoms with Gasteiger partial charge in [-0.25, -0.2) is 9.97 Å². The molecule has 1 N–H and O–H groups in total. The number of rotatable bonds is 5. The first-order valence-electron chi connectivity index (χ1n) is 13.4. The molecule has 9 heteroatoms. The van der Waals surface area contributed by atoms with Crippen molar-refractivity contribution in [3.63, 3.8) is 0 Å². The van der Waals surface area contributed by atoms with Crippen LogP contribution in [0.2, 0.25) is 0 Å². The highest BCUT2D eigenvalue weighted by Crippen LogP contribution is 2.37. The van der Waals surface area contributed by atoms with E-state index in [2.05, 4.69) is 31.6 Å². The molecule has 7 rings (SSSR count). The van der Waals surface area contributed by atoms with Gasteiger partial charge in [0, 0.05) is 43.8 Å². The van der Waals surface area contributed by atoms with Gasteiger partial charge in [-0.1, -0.05) is 0 Å². The van der Waals surface area contributed by atoms with Crippen LogP contribution >= 0.6 is 0 Å². The first-order valence-corrected chi connectivity index (χ1v) is 13.4. The number of benzene rings is 1. The zero-order valence-electron chi connectivity index (χ0n) is 21.8. The van der Waals surface area contributed by atoms with Gasteiger partial charge < -0.3 is 28.8 Å². The number of ether oxygens (including phenoxy) is 2. The monoisotopic (exact) mass is 512 g/mol. The van der Waals surface area contributed by atoms with Gasteiger partial charge in [0.2, 0.25) is 0 Å². The number of fused-ring (bicyclic) bond motifs is 3. The molecule has 0 bridgehead atoms. The zero-order chi connectivity index (χ0) is 25.8. The average molecular weight is 513 g/mol. The van der Waals surface area contributed by atoms with Crippen molar-refractivity contribution in [3.05, 3.63) is 54.4 Å². The van der Waals surface area contributed by atoms with Gasteiger partial charge in [-0.15, -0.1) is 0 Å². The Morgan fingerprint density at radius 1 is 1.24 bits per heavy atom. The van der Waals surface area contributed by atoms with Gasteiger partial charge in [0.25, 0.3) is 5.91 Å². The highest BCUT2D eigenvalue weighted by molar-refractivity contribution is 6.00. The lowest BCUT2D eigenvalue weighted by atomic mass is 10.0. The molecular weight excluding hydrogens is 480 g/mol. The average Bonchev–Trinajstić information content (AvgIpc) is 3.67. The third-order valence-electron chi connectivity index (χ3n) is 8.07. The summed E-state index contributed by atoms with van der Waals surface area (Å²) in [5.41, 5.74) is 4.20. The maximum absolute atomic E-state index is 13.9. The first-order chi connectivity index (χ1) is 18.6. The van der Waals surface area contributed by atoms with E-state index in [1.165, 1.54) is 12.8 Å². The van der Waals surface area contributed by atoms with E-state index in [-0.39, 0.29) is 18.1 Å². The third kappa shape index (κ3) is 3.84. The number of aromatic nitrogens is 4. The summed E-state index contributed by atoms with van der Waals surface area (Å²) in [6.07, 6.45) is 9.18. The topological polar surface area (TPSA) is 86.4 Å². The number of morpholine rings is 1. The molecule has 1 saturated carbocycles. The standard InChI is InChI=1S/C29H32N6O3/c1-33-26-21(32-28(33)23-15-19-4-3-9-31-27(19)35(23)17-18-5-6-18)14-20(16-25(26)37-2)29(36)34-12-13-38-24-8-11-30-10-7-22(24)34/h3-4,7,9-10,14-16,18,22,24,30H,5-6,8,11-13,17H2,1-2H3/t22-,24+/m0/s1. The summed E-state index contributed by atoms with van der Waals surface area (Å²) in [7, 11) is 3.66. The minimum atomic E-state index is -0.0992. The van der Waals surface area contributed by atoms with Gasteiger partial charge in [0.1, 0.15) is 16.9 Å². The van der Waals surface area contributed by atoms with Crippen LogP contribution in [0.15, 0.2) is 48.8 Å². The molecule has 3 aromatic heterocycles. The van der Waals surface area contributed by atoms with E-state index in [1.807, 2.05) is 48.6 Å². The van der Waals surface area contributed by atoms with E-state index in [0.29, 0.717) is 30.4 Å². The predicted molar refractivity (Wildman–Crippen MR) is 145 cm³/mol. The molecule has 38 heavy (non-hydrogen) atoms. The Morgan fingerprint density at radius 3 is 2.97 bits per heavy atom. The number of amides is 1. The van der Waals surface area contributed by atoms with Crippen LogP contribution < -0.4 is 10.1 Å². The number of carbonyl (C=O) groups is 1. The molecule has 9 nitrogen and oxygen atoms in total. The first kappa shape index (κ1) is 23.3. The quantitative estimate of drug-likeness (QED) is 0.439. The second kappa shape index (κ2) is 9.16. The molecule has 1 aromatic carbocycles. The molecule has 2 fully saturated rings. The highest BCUT2D eigenvalue weighted by atomic mass is 16.5. The fraction of sp³-hybridized carbons (Fsp3) is 0.414. The lowest BCUT2D eigenvalue weighted by Gasteiger charge is -2.39. The number of aryl methyl sites for hydroxylation is 1. The van der Waals surface area contributed by atoms with Crippen LogP contribution in [0.4, 0.5) is 0 Å². The van der Waals surface area contributed by atoms with Gasteiger partial charge in [-0.3, -0.25) is 4.79 Å². The van der Waals surface area contributed by atoms with Crippen LogP contribution in [-0.2, 0) is 18.3 Å². The predicted octanol–water partition coefficient (Wildman–Crippen LogP) is 3.73. The van der Waals surface area contributed by atoms with E-state index in [9.17, 15) is 4.79 Å². The van der Waals surface area contributed by atoms with Crippen LogP contribution in [0.1, 0.15) is 29.6 Å². The Morgan fingerprint density at radius 2 is 2.13 bits per heavy atom. The van der Waals surface area contributed by atoms with Crippen LogP contribution in [0.3, 0.4) is 0 Å². The zero-order valence-corrected chi connectivity index (χ0v) is 21.8. The molecule has 196 valence electrons. The van der Waals surface area contributed by atoms with Crippen molar-refractivity contribution in [2.75, 3.05) is 26.8 Å². The number of hydrogen-bond donors (Lipinski definition) is 1. The SMILES string of the molecule is COc1cc(C(=O)N2CCO[C@@H]3CCNC=C[C@@H]32)cc2nc(-c3cc4cccnc4n3CC3CC3)n(C)c12. The molecule has 1 saturated heterocycles. The molecule has 2 aliphatic heterocycles. The normalized spacial score (nSPS) is 21.4. The molecule has 0 spiro atoms. The summed E-state index contributed by atoms with van der Waals surface area (Å²) < 4.78 is 16.2. The molecule has 0 unspecified atom stereocenters. The molecule has 0 radical (unpaired) electrons. The summed E-state index contributed by atoms with van der Waals surface area (Å²) in [4.78, 5) is 25.5. The Bertz CT molecular complexity index is 1570. The smallest absolute Gasteiger partial charge is 0.254 e. The van der Waals surface area contributed by atoms with Crippen molar-refractivity contribution in [2.45, 2.75) is 38.0 Å². The third-order valence-corrected chi connectivity index (χ3v) is 8.07. The lowest BCUT2D eigenvalue weighted by Crippen LogP contribution is -2.52. The minimum Gasteiger partial charge on any atom is -0.494 e. The summed E-state index contributed by atoms with van der Waals surface area (Å²) in [6.45, 7) is 2.85. The minimum absolute atomic E-state index is 0.00646. The van der Waals surface area contributed by atoms with E-state index in [4.69, 9.17) is 14.5 Å². The van der Waals surface area contributed by atoms with Gasteiger partial charge in [-0.2, -0.15) is 0 Å². The molecule has 5 heterocycles. The lowest BCUT2D eigenvalue weighted by molar-refractivity contribution is -0.0459. The van der Waals surface area contributed by atoms with E-state index >= 15 is 0 Å². The van der Waals surface area contributed by atoms with Crippen molar-refractivity contribution in [1.82, 2.24) is 29.3 Å². The highest BCUT2D eigenvalue weighted by Gasteiger charge is 2.35. The summed E-state index contributed by atoms with van der Waals surface area (Å²) in [5, 5.41) is 4.36. The Kier molecular flexibility index (Phi) is 5.61. The number of nitrogens with zero attached hydrogens (tertiary/aromatic N) is 5. The Labute approximate surface area is 221 Å². The number of hydrogen-bond acceptors (Lipinski definition) is 6. The summed E-state index contributed by atoms with van der Waals surface area (Å²) in [5.74, 6) is 2.13. The van der Waals surface area contributed by atoms with Crippen molar-refractivity contribution in [3.8, 4) is 17.3 Å². The molecule has 4 aromatic rings. The van der Waals surface area contributed by atoms with Crippen LogP contribution in [0.5, 0.6) is 5.75 Å². The maximum atomic E-state index is 13.9. The molecule has 3 aliphatic rings. The Hall–Kier alpha value is -3.85. The Balaban J connectivity index is 1.32. The van der Waals surface area contributed by atoms with Gasteiger partial charge in [0.15, 0.2) is 5.82 Å². The summed E-state index contributed by atoms with van der Waals surface area (Å²) >= 11 is 0. The maximum Gasteiger partial charge on any atom is 0.254 e. The van der Waals surface area contributed by atoms with Crippen molar-refractivity contribution in [2.24, 2.45) is 13.0 Å². The van der Waals surface area contributed by atoms with E-state index in [0.717, 1.165) is 53.1 Å². The molecule has 1 amide bonds. The largest absolute Gasteiger partial charge is 0.494 e. The number of pyridine rings is 1. The number of nitrogens with one attached hydrogen (secondary N) is 1. The van der Waals surface area contributed by atoms with Crippen LogP contribution in [0, 0.1) is 5.92 Å². The molecular formula is C29H32N6O3. The van der Waals surface area contributed by atoms with Gasteiger partial charge in [-0.05, 0) is 67.8 Å². The van der Waals surface area contributed by atoms with Crippen LogP contribution in [-0.4, -0.2) is 68.9 Å². The fourth-order valence-corrected chi connectivity index (χ4v) is 5.95. The summed E-state index contributed by atoms with van der Waals surface area (Å²) in [6, 6.07) is 9.89. The van der Waals surface area contributed by atoms with E-state index < -0.39 is 0 Å².